The van der Waals surface area contributed by atoms with E-state index in [0.717, 1.165) is 38.6 Å². The first-order valence-electron chi connectivity index (χ1n) is 8.29. The Morgan fingerprint density at radius 1 is 0.950 bits per heavy atom. The van der Waals surface area contributed by atoms with E-state index in [1.807, 2.05) is 0 Å². The van der Waals surface area contributed by atoms with Gasteiger partial charge in [0.15, 0.2) is 0 Å². The molecule has 0 amide bonds. The molecule has 1 atom stereocenters. The number of hydrogen-bond acceptors (Lipinski definition) is 4. The van der Waals surface area contributed by atoms with Gasteiger partial charge in [0.05, 0.1) is 26.4 Å². The van der Waals surface area contributed by atoms with Crippen LogP contribution in [0.1, 0.15) is 46.0 Å². The summed E-state index contributed by atoms with van der Waals surface area (Å²) in [6.45, 7) is 10.00. The van der Waals surface area contributed by atoms with Gasteiger partial charge in [-0.1, -0.05) is 20.3 Å². The van der Waals surface area contributed by atoms with Gasteiger partial charge in [0.1, 0.15) is 0 Å². The molecule has 0 spiro atoms. The molecule has 120 valence electrons. The van der Waals surface area contributed by atoms with E-state index in [-0.39, 0.29) is 0 Å². The Morgan fingerprint density at radius 3 is 2.15 bits per heavy atom. The first-order chi connectivity index (χ1) is 9.83. The quantitative estimate of drug-likeness (QED) is 0.470. The third-order valence-corrected chi connectivity index (χ3v) is 3.47. The van der Waals surface area contributed by atoms with Crippen LogP contribution in [0.3, 0.4) is 0 Å². The number of nitrogens with one attached hydrogen (secondary N) is 1. The fourth-order valence-electron chi connectivity index (χ4n) is 1.83. The highest BCUT2D eigenvalue weighted by molar-refractivity contribution is 4.81. The zero-order chi connectivity index (χ0) is 14.5. The Morgan fingerprint density at radius 2 is 1.55 bits per heavy atom. The smallest absolute Gasteiger partial charge is 0.0701 e. The van der Waals surface area contributed by atoms with Crippen molar-refractivity contribution in [2.45, 2.75) is 52.0 Å². The molecule has 1 N–H and O–H groups in total. The summed E-state index contributed by atoms with van der Waals surface area (Å²) in [6.07, 6.45) is 6.17. The molecule has 0 aromatic heterocycles. The third kappa shape index (κ3) is 11.6. The van der Waals surface area contributed by atoms with E-state index in [1.165, 1.54) is 19.3 Å². The molecule has 0 bridgehead atoms. The molecule has 1 rings (SSSR count). The van der Waals surface area contributed by atoms with Crippen molar-refractivity contribution >= 4 is 0 Å². The van der Waals surface area contributed by atoms with E-state index in [2.05, 4.69) is 19.2 Å². The minimum atomic E-state index is 0.672. The highest BCUT2D eigenvalue weighted by Crippen LogP contribution is 2.19. The molecule has 20 heavy (non-hydrogen) atoms. The zero-order valence-corrected chi connectivity index (χ0v) is 13.4. The third-order valence-electron chi connectivity index (χ3n) is 3.47. The van der Waals surface area contributed by atoms with Crippen LogP contribution in [0, 0.1) is 5.92 Å². The van der Waals surface area contributed by atoms with E-state index in [0.29, 0.717) is 32.3 Å². The van der Waals surface area contributed by atoms with Crippen LogP contribution in [0.2, 0.25) is 0 Å². The van der Waals surface area contributed by atoms with Crippen LogP contribution in [-0.4, -0.2) is 52.2 Å². The number of rotatable bonds is 15. The van der Waals surface area contributed by atoms with Gasteiger partial charge in [-0.05, 0) is 38.1 Å². The maximum absolute atomic E-state index is 5.58. The summed E-state index contributed by atoms with van der Waals surface area (Å²) in [6, 6.07) is 0.811. The molecule has 1 aliphatic rings. The predicted octanol–water partition coefficient (Wildman–Crippen LogP) is 2.61. The molecule has 1 saturated carbocycles. The molecule has 1 unspecified atom stereocenters. The topological polar surface area (TPSA) is 39.7 Å². The summed E-state index contributed by atoms with van der Waals surface area (Å²) >= 11 is 0. The first kappa shape index (κ1) is 17.9. The van der Waals surface area contributed by atoms with E-state index in [1.54, 1.807) is 0 Å². The van der Waals surface area contributed by atoms with Gasteiger partial charge in [-0.25, -0.2) is 0 Å². The molecule has 0 heterocycles. The SMILES string of the molecule is CCCCOCCOCCOCCC(C)CNC1CC1. The maximum Gasteiger partial charge on any atom is 0.0701 e. The van der Waals surface area contributed by atoms with Crippen LogP contribution < -0.4 is 5.32 Å². The molecular weight excluding hydrogens is 254 g/mol. The summed E-state index contributed by atoms with van der Waals surface area (Å²) in [5.41, 5.74) is 0. The van der Waals surface area contributed by atoms with Gasteiger partial charge in [0.25, 0.3) is 0 Å². The van der Waals surface area contributed by atoms with Crippen molar-refractivity contribution < 1.29 is 14.2 Å². The Bertz CT molecular complexity index is 210. The predicted molar refractivity (Wildman–Crippen MR) is 82.2 cm³/mol. The normalized spacial score (nSPS) is 16.5. The average Bonchev–Trinajstić information content (AvgIpc) is 3.27. The monoisotopic (exact) mass is 287 g/mol. The van der Waals surface area contributed by atoms with Crippen molar-refractivity contribution in [2.24, 2.45) is 5.92 Å². The van der Waals surface area contributed by atoms with Crippen LogP contribution in [0.5, 0.6) is 0 Å². The first-order valence-corrected chi connectivity index (χ1v) is 8.29. The lowest BCUT2D eigenvalue weighted by atomic mass is 10.1. The molecule has 0 radical (unpaired) electrons. The van der Waals surface area contributed by atoms with Gasteiger partial charge in [-0.3, -0.25) is 0 Å². The highest BCUT2D eigenvalue weighted by atomic mass is 16.5. The zero-order valence-electron chi connectivity index (χ0n) is 13.4. The number of hydrogen-bond donors (Lipinski definition) is 1. The number of unbranched alkanes of at least 4 members (excludes halogenated alkanes) is 1. The van der Waals surface area contributed by atoms with Gasteiger partial charge < -0.3 is 19.5 Å². The molecule has 4 heteroatoms. The molecule has 1 fully saturated rings. The van der Waals surface area contributed by atoms with Crippen molar-refractivity contribution in [2.75, 3.05) is 46.2 Å². The molecule has 0 aromatic carbocycles. The lowest BCUT2D eigenvalue weighted by molar-refractivity contribution is 0.0121. The molecule has 4 nitrogen and oxygen atoms in total. The molecule has 0 aliphatic heterocycles. The van der Waals surface area contributed by atoms with E-state index < -0.39 is 0 Å². The highest BCUT2D eigenvalue weighted by Gasteiger charge is 2.20. The van der Waals surface area contributed by atoms with Crippen molar-refractivity contribution in [3.63, 3.8) is 0 Å². The van der Waals surface area contributed by atoms with Gasteiger partial charge in [-0.15, -0.1) is 0 Å². The van der Waals surface area contributed by atoms with Crippen LogP contribution in [0.4, 0.5) is 0 Å². The Labute approximate surface area is 124 Å². The van der Waals surface area contributed by atoms with Crippen LogP contribution >= 0.6 is 0 Å². The molecule has 1 aliphatic carbocycles. The Kier molecular flexibility index (Phi) is 11.2. The van der Waals surface area contributed by atoms with Gasteiger partial charge in [0, 0.05) is 19.3 Å². The second-order valence-electron chi connectivity index (χ2n) is 5.77. The lowest BCUT2D eigenvalue weighted by Gasteiger charge is -2.12. The van der Waals surface area contributed by atoms with Gasteiger partial charge in [0.2, 0.25) is 0 Å². The van der Waals surface area contributed by atoms with Crippen LogP contribution in [0.25, 0.3) is 0 Å². The second-order valence-corrected chi connectivity index (χ2v) is 5.77. The summed E-state index contributed by atoms with van der Waals surface area (Å²) in [4.78, 5) is 0. The van der Waals surface area contributed by atoms with Gasteiger partial charge >= 0.3 is 0 Å². The number of ether oxygens (including phenoxy) is 3. The van der Waals surface area contributed by atoms with Crippen LogP contribution in [-0.2, 0) is 14.2 Å². The Hall–Kier alpha value is -0.160. The lowest BCUT2D eigenvalue weighted by Crippen LogP contribution is -2.24. The Balaban J connectivity index is 1.69. The minimum Gasteiger partial charge on any atom is -0.379 e. The maximum atomic E-state index is 5.58. The van der Waals surface area contributed by atoms with Crippen molar-refractivity contribution in [3.8, 4) is 0 Å². The summed E-state index contributed by atoms with van der Waals surface area (Å²) < 4.78 is 16.4. The van der Waals surface area contributed by atoms with Gasteiger partial charge in [-0.2, -0.15) is 0 Å². The second kappa shape index (κ2) is 12.6. The summed E-state index contributed by atoms with van der Waals surface area (Å²) in [7, 11) is 0. The van der Waals surface area contributed by atoms with Crippen molar-refractivity contribution in [3.05, 3.63) is 0 Å². The standard InChI is InChI=1S/C16H33NO3/c1-3-4-8-18-10-12-20-13-11-19-9-7-15(2)14-17-16-5-6-16/h15-17H,3-14H2,1-2H3. The summed E-state index contributed by atoms with van der Waals surface area (Å²) in [5.74, 6) is 0.698. The summed E-state index contributed by atoms with van der Waals surface area (Å²) in [5, 5.41) is 3.55. The van der Waals surface area contributed by atoms with E-state index in [4.69, 9.17) is 14.2 Å². The largest absolute Gasteiger partial charge is 0.379 e. The van der Waals surface area contributed by atoms with Crippen molar-refractivity contribution in [1.29, 1.82) is 0 Å². The molecular formula is C16H33NO3. The average molecular weight is 287 g/mol. The molecule has 0 aromatic rings. The fourth-order valence-corrected chi connectivity index (χ4v) is 1.83. The minimum absolute atomic E-state index is 0.672. The molecule has 0 saturated heterocycles. The van der Waals surface area contributed by atoms with Crippen molar-refractivity contribution in [1.82, 2.24) is 5.32 Å². The van der Waals surface area contributed by atoms with Crippen LogP contribution in [0.15, 0.2) is 0 Å². The van der Waals surface area contributed by atoms with E-state index in [9.17, 15) is 0 Å². The fraction of sp³-hybridized carbons (Fsp3) is 1.00. The van der Waals surface area contributed by atoms with E-state index >= 15 is 0 Å².